The van der Waals surface area contributed by atoms with Crippen LogP contribution in [0.3, 0.4) is 0 Å². The molecule has 0 unspecified atom stereocenters. The second-order valence-corrected chi connectivity index (χ2v) is 6.39. The van der Waals surface area contributed by atoms with Crippen molar-refractivity contribution in [1.82, 2.24) is 15.2 Å². The summed E-state index contributed by atoms with van der Waals surface area (Å²) in [6.45, 7) is 2.20. The largest absolute Gasteiger partial charge is 0.348 e. The van der Waals surface area contributed by atoms with Gasteiger partial charge in [-0.05, 0) is 25.1 Å². The minimum absolute atomic E-state index is 0.00828. The standard InChI is InChI=1S/C15H17ClFN3OS/c1-9(18-7-14(21)20(2)3)15-19-13(8-22-15)10-4-5-12(17)11(16)6-10/h4-6,8-9,18H,7H2,1-3H3/t9-/m1/s1. The minimum atomic E-state index is -0.446. The summed E-state index contributed by atoms with van der Waals surface area (Å²) < 4.78 is 13.2. The predicted molar refractivity (Wildman–Crippen MR) is 87.6 cm³/mol. The number of benzene rings is 1. The molecule has 1 heterocycles. The molecule has 0 spiro atoms. The van der Waals surface area contributed by atoms with E-state index in [2.05, 4.69) is 10.3 Å². The van der Waals surface area contributed by atoms with Crippen molar-refractivity contribution in [1.29, 1.82) is 0 Å². The first kappa shape index (κ1) is 16.9. The van der Waals surface area contributed by atoms with E-state index >= 15 is 0 Å². The fraction of sp³-hybridized carbons (Fsp3) is 0.333. The van der Waals surface area contributed by atoms with Gasteiger partial charge in [0, 0.05) is 25.0 Å². The van der Waals surface area contributed by atoms with Crippen LogP contribution in [0.25, 0.3) is 11.3 Å². The summed E-state index contributed by atoms with van der Waals surface area (Å²) in [5.41, 5.74) is 1.51. The van der Waals surface area contributed by atoms with E-state index in [4.69, 9.17) is 11.6 Å². The third-order valence-electron chi connectivity index (χ3n) is 3.17. The lowest BCUT2D eigenvalue weighted by Crippen LogP contribution is -2.34. The molecular weight excluding hydrogens is 325 g/mol. The second kappa shape index (κ2) is 7.17. The maximum atomic E-state index is 13.2. The number of carbonyl (C=O) groups excluding carboxylic acids is 1. The highest BCUT2D eigenvalue weighted by Gasteiger charge is 2.14. The first-order valence-electron chi connectivity index (χ1n) is 6.73. The molecule has 0 saturated carbocycles. The van der Waals surface area contributed by atoms with Crippen LogP contribution >= 0.6 is 22.9 Å². The van der Waals surface area contributed by atoms with Crippen LogP contribution in [-0.4, -0.2) is 36.4 Å². The first-order chi connectivity index (χ1) is 10.4. The number of aromatic nitrogens is 1. The Labute approximate surface area is 137 Å². The Hall–Kier alpha value is -1.50. The van der Waals surface area contributed by atoms with Gasteiger partial charge in [0.05, 0.1) is 23.3 Å². The van der Waals surface area contributed by atoms with Gasteiger partial charge in [-0.25, -0.2) is 9.37 Å². The highest BCUT2D eigenvalue weighted by Crippen LogP contribution is 2.28. The number of nitrogens with one attached hydrogen (secondary N) is 1. The van der Waals surface area contributed by atoms with Gasteiger partial charge in [0.25, 0.3) is 0 Å². The van der Waals surface area contributed by atoms with Gasteiger partial charge in [-0.3, -0.25) is 10.1 Å². The molecule has 2 aromatic rings. The summed E-state index contributed by atoms with van der Waals surface area (Å²) >= 11 is 7.28. The van der Waals surface area contributed by atoms with Gasteiger partial charge in [0.1, 0.15) is 10.8 Å². The van der Waals surface area contributed by atoms with Crippen molar-refractivity contribution < 1.29 is 9.18 Å². The molecule has 4 nitrogen and oxygen atoms in total. The normalized spacial score (nSPS) is 12.2. The third-order valence-corrected chi connectivity index (χ3v) is 4.48. The van der Waals surface area contributed by atoms with E-state index in [9.17, 15) is 9.18 Å². The smallest absolute Gasteiger partial charge is 0.236 e. The van der Waals surface area contributed by atoms with Crippen LogP contribution in [0.4, 0.5) is 4.39 Å². The molecule has 0 radical (unpaired) electrons. The molecule has 1 aromatic carbocycles. The molecule has 1 amide bonds. The van der Waals surface area contributed by atoms with Crippen LogP contribution < -0.4 is 5.32 Å². The number of rotatable bonds is 5. The highest BCUT2D eigenvalue weighted by molar-refractivity contribution is 7.10. The molecule has 0 fully saturated rings. The number of likely N-dealkylation sites (N-methyl/N-ethyl adjacent to an activating group) is 1. The Balaban J connectivity index is 2.07. The molecule has 0 saturated heterocycles. The maximum absolute atomic E-state index is 13.2. The van der Waals surface area contributed by atoms with Crippen molar-refractivity contribution in [3.8, 4) is 11.3 Å². The average Bonchev–Trinajstić information content (AvgIpc) is 2.97. The van der Waals surface area contributed by atoms with Crippen molar-refractivity contribution in [2.24, 2.45) is 0 Å². The molecule has 0 aliphatic heterocycles. The number of amides is 1. The van der Waals surface area contributed by atoms with Crippen LogP contribution in [0.2, 0.25) is 5.02 Å². The number of nitrogens with zero attached hydrogens (tertiary/aromatic N) is 2. The number of thiazole rings is 1. The molecule has 0 aliphatic rings. The molecule has 1 aromatic heterocycles. The van der Waals surface area contributed by atoms with Gasteiger partial charge in [-0.2, -0.15) is 0 Å². The fourth-order valence-corrected chi connectivity index (χ4v) is 2.80. The van der Waals surface area contributed by atoms with Crippen molar-refractivity contribution in [3.63, 3.8) is 0 Å². The van der Waals surface area contributed by atoms with Crippen LogP contribution in [0.15, 0.2) is 23.6 Å². The van der Waals surface area contributed by atoms with E-state index in [-0.39, 0.29) is 23.5 Å². The van der Waals surface area contributed by atoms with E-state index in [0.717, 1.165) is 16.3 Å². The number of halogens is 2. The van der Waals surface area contributed by atoms with Crippen molar-refractivity contribution >= 4 is 28.8 Å². The number of carbonyl (C=O) groups is 1. The second-order valence-electron chi connectivity index (χ2n) is 5.09. The zero-order chi connectivity index (χ0) is 16.3. The van der Waals surface area contributed by atoms with E-state index in [1.54, 1.807) is 26.2 Å². The molecule has 0 aliphatic carbocycles. The number of hydrogen-bond donors (Lipinski definition) is 1. The van der Waals surface area contributed by atoms with Crippen molar-refractivity contribution in [2.75, 3.05) is 20.6 Å². The predicted octanol–water partition coefficient (Wildman–Crippen LogP) is 3.34. The summed E-state index contributed by atoms with van der Waals surface area (Å²) in [5, 5.41) is 5.97. The van der Waals surface area contributed by atoms with Crippen LogP contribution in [0.5, 0.6) is 0 Å². The third kappa shape index (κ3) is 4.03. The molecular formula is C15H17ClFN3OS. The molecule has 118 valence electrons. The van der Waals surface area contributed by atoms with Gasteiger partial charge in [0.15, 0.2) is 0 Å². The summed E-state index contributed by atoms with van der Waals surface area (Å²) in [4.78, 5) is 17.6. The summed E-state index contributed by atoms with van der Waals surface area (Å²) in [6.07, 6.45) is 0. The summed E-state index contributed by atoms with van der Waals surface area (Å²) in [6, 6.07) is 4.49. The topological polar surface area (TPSA) is 45.2 Å². The minimum Gasteiger partial charge on any atom is -0.348 e. The van der Waals surface area contributed by atoms with E-state index in [1.165, 1.54) is 22.3 Å². The Morgan fingerprint density at radius 3 is 2.86 bits per heavy atom. The van der Waals surface area contributed by atoms with Gasteiger partial charge in [-0.1, -0.05) is 11.6 Å². The van der Waals surface area contributed by atoms with Crippen molar-refractivity contribution in [3.05, 3.63) is 39.4 Å². The van der Waals surface area contributed by atoms with Crippen molar-refractivity contribution in [2.45, 2.75) is 13.0 Å². The lowest BCUT2D eigenvalue weighted by atomic mass is 10.2. The van der Waals surface area contributed by atoms with Crippen LogP contribution in [0, 0.1) is 5.82 Å². The first-order valence-corrected chi connectivity index (χ1v) is 7.98. The summed E-state index contributed by atoms with van der Waals surface area (Å²) in [5.74, 6) is -0.438. The monoisotopic (exact) mass is 341 g/mol. The SMILES string of the molecule is C[C@@H](NCC(=O)N(C)C)c1nc(-c2ccc(F)c(Cl)c2)cs1. The van der Waals surface area contributed by atoms with Gasteiger partial charge >= 0.3 is 0 Å². The quantitative estimate of drug-likeness (QED) is 0.907. The lowest BCUT2D eigenvalue weighted by molar-refractivity contribution is -0.127. The average molecular weight is 342 g/mol. The van der Waals surface area contributed by atoms with E-state index in [1.807, 2.05) is 12.3 Å². The number of hydrogen-bond acceptors (Lipinski definition) is 4. The zero-order valence-electron chi connectivity index (χ0n) is 12.6. The molecule has 2 rings (SSSR count). The Kier molecular flexibility index (Phi) is 5.50. The maximum Gasteiger partial charge on any atom is 0.236 e. The van der Waals surface area contributed by atoms with E-state index in [0.29, 0.717) is 0 Å². The Bertz CT molecular complexity index is 675. The fourth-order valence-electron chi connectivity index (χ4n) is 1.76. The molecule has 7 heteroatoms. The van der Waals surface area contributed by atoms with Crippen LogP contribution in [-0.2, 0) is 4.79 Å². The summed E-state index contributed by atoms with van der Waals surface area (Å²) in [7, 11) is 3.43. The Morgan fingerprint density at radius 1 is 1.50 bits per heavy atom. The van der Waals surface area contributed by atoms with Gasteiger partial charge < -0.3 is 4.90 Å². The highest BCUT2D eigenvalue weighted by atomic mass is 35.5. The van der Waals surface area contributed by atoms with Gasteiger partial charge in [-0.15, -0.1) is 11.3 Å². The lowest BCUT2D eigenvalue weighted by Gasteiger charge is -2.14. The van der Waals surface area contributed by atoms with E-state index < -0.39 is 5.82 Å². The molecule has 1 N–H and O–H groups in total. The molecule has 0 bridgehead atoms. The zero-order valence-corrected chi connectivity index (χ0v) is 14.1. The molecule has 22 heavy (non-hydrogen) atoms. The molecule has 1 atom stereocenters. The van der Waals surface area contributed by atoms with Gasteiger partial charge in [0.2, 0.25) is 5.91 Å². The Morgan fingerprint density at radius 2 is 2.23 bits per heavy atom. The van der Waals surface area contributed by atoms with Crippen LogP contribution in [0.1, 0.15) is 18.0 Å².